The zero-order valence-electron chi connectivity index (χ0n) is 21.0. The molecule has 3 aromatic rings. The number of nitrogens with zero attached hydrogens (tertiary/aromatic N) is 1. The number of ether oxygens (including phenoxy) is 1. The molecule has 0 saturated heterocycles. The first kappa shape index (κ1) is 24.4. The van der Waals surface area contributed by atoms with Crippen molar-refractivity contribution in [2.75, 3.05) is 20.2 Å². The predicted molar refractivity (Wildman–Crippen MR) is 144 cm³/mol. The van der Waals surface area contributed by atoms with Crippen LogP contribution in [0.3, 0.4) is 0 Å². The van der Waals surface area contributed by atoms with Gasteiger partial charge < -0.3 is 25.0 Å². The average molecular weight is 490 g/mol. The Hall–Kier alpha value is -3.25. The third-order valence-electron chi connectivity index (χ3n) is 7.54. The van der Waals surface area contributed by atoms with Crippen molar-refractivity contribution in [3.05, 3.63) is 72.2 Å². The molecule has 190 valence electrons. The lowest BCUT2D eigenvalue weighted by atomic mass is 9.82. The van der Waals surface area contributed by atoms with Crippen LogP contribution in [0.5, 0.6) is 11.5 Å². The summed E-state index contributed by atoms with van der Waals surface area (Å²) in [6.07, 6.45) is 14.3. The first-order valence-corrected chi connectivity index (χ1v) is 13.1. The van der Waals surface area contributed by atoms with E-state index in [0.29, 0.717) is 28.9 Å². The zero-order valence-corrected chi connectivity index (χ0v) is 21.0. The summed E-state index contributed by atoms with van der Waals surface area (Å²) in [5.41, 5.74) is 2.92. The van der Waals surface area contributed by atoms with Crippen LogP contribution in [-0.2, 0) is 6.54 Å². The number of para-hydroxylation sites is 1. The lowest BCUT2D eigenvalue weighted by molar-refractivity contribution is 0.288. The number of dihydropyridines is 1. The molecule has 2 aliphatic rings. The van der Waals surface area contributed by atoms with E-state index in [0.717, 1.165) is 36.5 Å². The molecule has 5 rings (SSSR count). The number of rotatable bonds is 11. The Bertz CT molecular complexity index is 1260. The summed E-state index contributed by atoms with van der Waals surface area (Å²) in [6, 6.07) is 12.6. The smallest absolute Gasteiger partial charge is 0.157 e. The molecule has 1 aromatic heterocycles. The second-order valence-electron chi connectivity index (χ2n) is 9.98. The van der Waals surface area contributed by atoms with Crippen LogP contribution in [0.15, 0.2) is 66.4 Å². The highest BCUT2D eigenvalue weighted by atomic mass is 19.1. The zero-order chi connectivity index (χ0) is 24.9. The first-order chi connectivity index (χ1) is 17.6. The topological polar surface area (TPSA) is 58.5 Å². The van der Waals surface area contributed by atoms with Crippen LogP contribution in [0.2, 0.25) is 0 Å². The summed E-state index contributed by atoms with van der Waals surface area (Å²) in [5.74, 6) is 1.28. The number of methoxy groups -OCH3 is 1. The van der Waals surface area contributed by atoms with Crippen LogP contribution >= 0.6 is 0 Å². The third kappa shape index (κ3) is 5.29. The standard InChI is InChI=1S/C30H36FN3O2/c1-36-28-10-3-2-9-25(28)30-29(31)26-18-24(35)13-14-27(26)34(30)20-22-11-12-23(33-19-22)15-17-32-16-5-8-21-6-4-7-21/h2-3,9-14,18-19,21,23,32-33,35H,4-8,15-17,20H2,1H3. The molecule has 1 saturated carbocycles. The Balaban J connectivity index is 1.27. The number of phenols is 1. The van der Waals surface area contributed by atoms with Crippen LogP contribution < -0.4 is 15.4 Å². The van der Waals surface area contributed by atoms with E-state index in [4.69, 9.17) is 4.74 Å². The lowest BCUT2D eigenvalue weighted by Crippen LogP contribution is -2.30. The minimum Gasteiger partial charge on any atom is -0.508 e. The van der Waals surface area contributed by atoms with E-state index in [9.17, 15) is 5.11 Å². The van der Waals surface area contributed by atoms with Gasteiger partial charge in [-0.25, -0.2) is 4.39 Å². The molecule has 3 N–H and O–H groups in total. The Morgan fingerprint density at radius 2 is 2.00 bits per heavy atom. The van der Waals surface area contributed by atoms with Gasteiger partial charge in [-0.15, -0.1) is 0 Å². The second-order valence-corrected chi connectivity index (χ2v) is 9.98. The minimum atomic E-state index is -0.361. The van der Waals surface area contributed by atoms with Crippen LogP contribution in [0, 0.1) is 11.7 Å². The van der Waals surface area contributed by atoms with Crippen molar-refractivity contribution in [3.63, 3.8) is 0 Å². The summed E-state index contributed by atoms with van der Waals surface area (Å²) < 4.78 is 23.2. The second kappa shape index (κ2) is 11.2. The largest absolute Gasteiger partial charge is 0.508 e. The number of allylic oxidation sites excluding steroid dienone is 2. The van der Waals surface area contributed by atoms with Crippen molar-refractivity contribution in [1.29, 1.82) is 0 Å². The molecule has 0 spiro atoms. The van der Waals surface area contributed by atoms with Gasteiger partial charge in [-0.05, 0) is 74.2 Å². The van der Waals surface area contributed by atoms with Gasteiger partial charge in [-0.3, -0.25) is 0 Å². The summed E-state index contributed by atoms with van der Waals surface area (Å²) in [6.45, 7) is 2.58. The molecule has 5 nitrogen and oxygen atoms in total. The van der Waals surface area contributed by atoms with Gasteiger partial charge in [0.25, 0.3) is 0 Å². The van der Waals surface area contributed by atoms with Gasteiger partial charge in [0.15, 0.2) is 5.82 Å². The quantitative estimate of drug-likeness (QED) is 0.284. The molecule has 1 aliphatic carbocycles. The number of nitrogens with one attached hydrogen (secondary N) is 2. The molecular weight excluding hydrogens is 453 g/mol. The van der Waals surface area contributed by atoms with Crippen LogP contribution in [0.4, 0.5) is 4.39 Å². The number of benzene rings is 2. The van der Waals surface area contributed by atoms with Crippen LogP contribution in [0.1, 0.15) is 38.5 Å². The summed E-state index contributed by atoms with van der Waals surface area (Å²) in [4.78, 5) is 0. The van der Waals surface area contributed by atoms with Crippen molar-refractivity contribution < 1.29 is 14.2 Å². The Labute approximate surface area is 212 Å². The van der Waals surface area contributed by atoms with E-state index in [1.54, 1.807) is 19.2 Å². The summed E-state index contributed by atoms with van der Waals surface area (Å²) in [5, 5.41) is 17.5. The van der Waals surface area contributed by atoms with Crippen LogP contribution in [-0.4, -0.2) is 35.9 Å². The van der Waals surface area contributed by atoms with Crippen molar-refractivity contribution in [1.82, 2.24) is 15.2 Å². The fraction of sp³-hybridized carbons (Fsp3) is 0.400. The molecule has 1 atom stereocenters. The fourth-order valence-electron chi connectivity index (χ4n) is 5.27. The van der Waals surface area contributed by atoms with Gasteiger partial charge in [-0.2, -0.15) is 0 Å². The molecule has 0 radical (unpaired) electrons. The number of fused-ring (bicyclic) bond motifs is 1. The van der Waals surface area contributed by atoms with Crippen molar-refractivity contribution in [3.8, 4) is 22.8 Å². The number of aromatic hydroxyl groups is 1. The Kier molecular flexibility index (Phi) is 7.61. The molecule has 36 heavy (non-hydrogen) atoms. The van der Waals surface area contributed by atoms with Gasteiger partial charge in [0.2, 0.25) is 0 Å². The number of phenolic OH excluding ortho intramolecular Hbond substituents is 1. The first-order valence-electron chi connectivity index (χ1n) is 13.1. The molecule has 2 aromatic carbocycles. The van der Waals surface area contributed by atoms with Crippen molar-refractivity contribution >= 4 is 10.9 Å². The van der Waals surface area contributed by atoms with Gasteiger partial charge in [0.1, 0.15) is 11.5 Å². The predicted octanol–water partition coefficient (Wildman–Crippen LogP) is 6.13. The maximum absolute atomic E-state index is 15.7. The molecule has 1 fully saturated rings. The van der Waals surface area contributed by atoms with E-state index in [2.05, 4.69) is 22.8 Å². The normalized spacial score (nSPS) is 17.6. The van der Waals surface area contributed by atoms with E-state index < -0.39 is 0 Å². The summed E-state index contributed by atoms with van der Waals surface area (Å²) in [7, 11) is 1.59. The van der Waals surface area contributed by atoms with Gasteiger partial charge in [0.05, 0.1) is 18.3 Å². The third-order valence-corrected chi connectivity index (χ3v) is 7.54. The highest BCUT2D eigenvalue weighted by Crippen LogP contribution is 2.39. The maximum atomic E-state index is 15.7. The summed E-state index contributed by atoms with van der Waals surface area (Å²) >= 11 is 0. The molecular formula is C30H36FN3O2. The number of halogens is 1. The molecule has 0 bridgehead atoms. The molecule has 1 unspecified atom stereocenters. The molecule has 1 aliphatic heterocycles. The molecule has 0 amide bonds. The number of hydrogen-bond acceptors (Lipinski definition) is 4. The van der Waals surface area contributed by atoms with Gasteiger partial charge in [-0.1, -0.05) is 43.5 Å². The highest BCUT2D eigenvalue weighted by Gasteiger charge is 2.22. The number of aromatic nitrogens is 1. The molecule has 6 heteroatoms. The van der Waals surface area contributed by atoms with E-state index in [-0.39, 0.29) is 17.6 Å². The van der Waals surface area contributed by atoms with Gasteiger partial charge >= 0.3 is 0 Å². The fourth-order valence-corrected chi connectivity index (χ4v) is 5.27. The monoisotopic (exact) mass is 489 g/mol. The average Bonchev–Trinajstić information content (AvgIpc) is 3.13. The Morgan fingerprint density at radius 3 is 2.75 bits per heavy atom. The van der Waals surface area contributed by atoms with E-state index in [1.165, 1.54) is 38.2 Å². The van der Waals surface area contributed by atoms with Crippen molar-refractivity contribution in [2.24, 2.45) is 5.92 Å². The highest BCUT2D eigenvalue weighted by molar-refractivity contribution is 5.90. The van der Waals surface area contributed by atoms with Gasteiger partial charge in [0, 0.05) is 29.7 Å². The van der Waals surface area contributed by atoms with E-state index in [1.807, 2.05) is 35.0 Å². The van der Waals surface area contributed by atoms with Crippen LogP contribution in [0.25, 0.3) is 22.2 Å². The Morgan fingerprint density at radius 1 is 1.14 bits per heavy atom. The number of hydrogen-bond donors (Lipinski definition) is 3. The van der Waals surface area contributed by atoms with Crippen molar-refractivity contribution in [2.45, 2.75) is 51.1 Å². The molecule has 2 heterocycles. The van der Waals surface area contributed by atoms with E-state index >= 15 is 4.39 Å². The minimum absolute atomic E-state index is 0.0445. The maximum Gasteiger partial charge on any atom is 0.157 e. The SMILES string of the molecule is COc1ccccc1-c1c(F)c2cc(O)ccc2n1CC1=CNC(CCNCCCC2CCC2)C=C1. The lowest BCUT2D eigenvalue weighted by Gasteiger charge is -2.25.